The number of alkyl halides is 2. The quantitative estimate of drug-likeness (QED) is 0.705. The van der Waals surface area contributed by atoms with Crippen molar-refractivity contribution < 1.29 is 28.2 Å². The first-order valence-corrected chi connectivity index (χ1v) is 6.12. The van der Waals surface area contributed by atoms with E-state index in [2.05, 4.69) is 10.1 Å². The molecule has 19 heavy (non-hydrogen) atoms. The van der Waals surface area contributed by atoms with Crippen LogP contribution in [0.4, 0.5) is 13.6 Å². The van der Waals surface area contributed by atoms with Crippen LogP contribution in [0, 0.1) is 5.92 Å². The van der Waals surface area contributed by atoms with E-state index in [1.807, 2.05) is 0 Å². The van der Waals surface area contributed by atoms with E-state index in [1.54, 1.807) is 0 Å². The Morgan fingerprint density at radius 3 is 2.53 bits per heavy atom. The summed E-state index contributed by atoms with van der Waals surface area (Å²) in [5, 5.41) is 11.4. The second-order valence-electron chi connectivity index (χ2n) is 4.30. The van der Waals surface area contributed by atoms with Crippen molar-refractivity contribution >= 4 is 12.0 Å². The molecule has 1 heterocycles. The number of nitrogens with zero attached hydrogens (tertiary/aromatic N) is 1. The van der Waals surface area contributed by atoms with E-state index in [-0.39, 0.29) is 19.2 Å². The molecule has 2 N–H and O–H groups in total. The minimum Gasteiger partial charge on any atom is -0.481 e. The van der Waals surface area contributed by atoms with Crippen molar-refractivity contribution in [1.29, 1.82) is 0 Å². The van der Waals surface area contributed by atoms with Gasteiger partial charge in [0.25, 0.3) is 6.43 Å². The normalized spacial score (nSPS) is 16.7. The number of carbonyl (C=O) groups excluding carboxylic acids is 1. The molecule has 1 aliphatic heterocycles. The Labute approximate surface area is 109 Å². The van der Waals surface area contributed by atoms with Gasteiger partial charge in [-0.15, -0.1) is 0 Å². The molecule has 1 fully saturated rings. The molecule has 1 aliphatic rings. The molecule has 0 atom stereocenters. The van der Waals surface area contributed by atoms with Gasteiger partial charge >= 0.3 is 12.0 Å². The molecule has 2 amide bonds. The summed E-state index contributed by atoms with van der Waals surface area (Å²) in [6, 6.07) is -0.315. The maximum Gasteiger partial charge on any atom is 0.317 e. The van der Waals surface area contributed by atoms with Gasteiger partial charge in [0, 0.05) is 19.6 Å². The van der Waals surface area contributed by atoms with Crippen molar-refractivity contribution in [3.8, 4) is 0 Å². The van der Waals surface area contributed by atoms with E-state index in [9.17, 15) is 18.4 Å². The Morgan fingerprint density at radius 2 is 2.00 bits per heavy atom. The minimum atomic E-state index is -2.51. The molecule has 0 aromatic heterocycles. The third kappa shape index (κ3) is 5.82. The Hall–Kier alpha value is -1.44. The van der Waals surface area contributed by atoms with Crippen LogP contribution in [0.3, 0.4) is 0 Å². The number of urea groups is 1. The fourth-order valence-corrected chi connectivity index (χ4v) is 1.84. The van der Waals surface area contributed by atoms with Gasteiger partial charge in [0.1, 0.15) is 6.61 Å². The highest BCUT2D eigenvalue weighted by molar-refractivity contribution is 5.75. The van der Waals surface area contributed by atoms with Crippen LogP contribution in [0.5, 0.6) is 0 Å². The topological polar surface area (TPSA) is 78.9 Å². The molecule has 0 saturated carbocycles. The van der Waals surface area contributed by atoms with Crippen molar-refractivity contribution in [2.45, 2.75) is 19.3 Å². The molecular weight excluding hydrogens is 262 g/mol. The number of piperidine rings is 1. The van der Waals surface area contributed by atoms with Crippen LogP contribution in [0.15, 0.2) is 0 Å². The monoisotopic (exact) mass is 280 g/mol. The third-order valence-corrected chi connectivity index (χ3v) is 2.90. The second kappa shape index (κ2) is 7.88. The molecule has 1 rings (SSSR count). The zero-order chi connectivity index (χ0) is 14.3. The lowest BCUT2D eigenvalue weighted by atomic mass is 9.97. The van der Waals surface area contributed by atoms with Crippen LogP contribution in [0.2, 0.25) is 0 Å². The van der Waals surface area contributed by atoms with E-state index in [1.165, 1.54) is 4.90 Å². The van der Waals surface area contributed by atoms with Crippen LogP contribution < -0.4 is 5.32 Å². The lowest BCUT2D eigenvalue weighted by molar-refractivity contribution is -0.143. The number of carboxylic acid groups (broad SMARTS) is 1. The van der Waals surface area contributed by atoms with Crippen molar-refractivity contribution in [2.24, 2.45) is 5.92 Å². The molecule has 1 saturated heterocycles. The van der Waals surface area contributed by atoms with Crippen molar-refractivity contribution in [3.63, 3.8) is 0 Å². The molecule has 6 nitrogen and oxygen atoms in total. The van der Waals surface area contributed by atoms with Crippen LogP contribution in [-0.2, 0) is 9.53 Å². The van der Waals surface area contributed by atoms with Crippen LogP contribution in [-0.4, -0.2) is 61.3 Å². The minimum absolute atomic E-state index is 0.0294. The largest absolute Gasteiger partial charge is 0.481 e. The predicted octanol–water partition coefficient (Wildman–Crippen LogP) is 0.774. The molecule has 110 valence electrons. The maximum absolute atomic E-state index is 11.7. The summed E-state index contributed by atoms with van der Waals surface area (Å²) in [5.74, 6) is -1.22. The summed E-state index contributed by atoms with van der Waals surface area (Å²) >= 11 is 0. The molecule has 0 unspecified atom stereocenters. The maximum atomic E-state index is 11.7. The molecule has 0 radical (unpaired) electrons. The summed E-state index contributed by atoms with van der Waals surface area (Å²) < 4.78 is 28.1. The number of halogens is 2. The molecule has 0 spiro atoms. The summed E-state index contributed by atoms with van der Waals surface area (Å²) in [5.41, 5.74) is 0. The number of carbonyl (C=O) groups is 2. The standard InChI is InChI=1S/C11H18F2N2O4/c12-9(13)7-19-6-3-14-11(18)15-4-1-8(2-5-15)10(16)17/h8-9H,1-7H2,(H,14,18)(H,16,17). The average Bonchev–Trinajstić information content (AvgIpc) is 2.37. The van der Waals surface area contributed by atoms with Gasteiger partial charge in [-0.25, -0.2) is 13.6 Å². The van der Waals surface area contributed by atoms with Gasteiger partial charge in [-0.2, -0.15) is 0 Å². The number of likely N-dealkylation sites (tertiary alicyclic amines) is 1. The number of ether oxygens (including phenoxy) is 1. The van der Waals surface area contributed by atoms with Crippen molar-refractivity contribution in [3.05, 3.63) is 0 Å². The van der Waals surface area contributed by atoms with E-state index >= 15 is 0 Å². The highest BCUT2D eigenvalue weighted by Gasteiger charge is 2.26. The number of hydrogen-bond donors (Lipinski definition) is 2. The highest BCUT2D eigenvalue weighted by atomic mass is 19.3. The number of nitrogens with one attached hydrogen (secondary N) is 1. The summed E-state index contributed by atoms with van der Waals surface area (Å²) in [6.45, 7) is 0.327. The molecular formula is C11H18F2N2O4. The van der Waals surface area contributed by atoms with Gasteiger partial charge in [0.15, 0.2) is 0 Å². The van der Waals surface area contributed by atoms with Gasteiger partial charge in [-0.3, -0.25) is 4.79 Å². The molecule has 0 aromatic carbocycles. The third-order valence-electron chi connectivity index (χ3n) is 2.90. The highest BCUT2D eigenvalue weighted by Crippen LogP contribution is 2.16. The number of aliphatic carboxylic acids is 1. The second-order valence-corrected chi connectivity index (χ2v) is 4.30. The van der Waals surface area contributed by atoms with Gasteiger partial charge in [0.2, 0.25) is 0 Å². The Kier molecular flexibility index (Phi) is 6.48. The zero-order valence-corrected chi connectivity index (χ0v) is 10.5. The average molecular weight is 280 g/mol. The summed E-state index contributed by atoms with van der Waals surface area (Å²) in [7, 11) is 0. The van der Waals surface area contributed by atoms with E-state index in [0.29, 0.717) is 25.9 Å². The fraction of sp³-hybridized carbons (Fsp3) is 0.818. The van der Waals surface area contributed by atoms with Crippen LogP contribution >= 0.6 is 0 Å². The first-order chi connectivity index (χ1) is 9.00. The van der Waals surface area contributed by atoms with Gasteiger partial charge in [0.05, 0.1) is 12.5 Å². The molecule has 0 aromatic rings. The van der Waals surface area contributed by atoms with Gasteiger partial charge in [-0.05, 0) is 12.8 Å². The zero-order valence-electron chi connectivity index (χ0n) is 10.5. The molecule has 0 bridgehead atoms. The number of amides is 2. The summed E-state index contributed by atoms with van der Waals surface area (Å²) in [6.07, 6.45) is -1.64. The number of carboxylic acids is 1. The van der Waals surface area contributed by atoms with Crippen LogP contribution in [0.25, 0.3) is 0 Å². The van der Waals surface area contributed by atoms with E-state index in [0.717, 1.165) is 0 Å². The number of hydrogen-bond acceptors (Lipinski definition) is 3. The lowest BCUT2D eigenvalue weighted by Crippen LogP contribution is -2.46. The molecule has 8 heteroatoms. The fourth-order valence-electron chi connectivity index (χ4n) is 1.84. The Balaban J connectivity index is 2.12. The van der Waals surface area contributed by atoms with Crippen molar-refractivity contribution in [1.82, 2.24) is 10.2 Å². The van der Waals surface area contributed by atoms with Gasteiger partial charge < -0.3 is 20.1 Å². The lowest BCUT2D eigenvalue weighted by Gasteiger charge is -2.30. The summed E-state index contributed by atoms with van der Waals surface area (Å²) in [4.78, 5) is 23.9. The Morgan fingerprint density at radius 1 is 1.37 bits per heavy atom. The van der Waals surface area contributed by atoms with Crippen LogP contribution in [0.1, 0.15) is 12.8 Å². The first kappa shape index (κ1) is 15.6. The van der Waals surface area contributed by atoms with E-state index < -0.39 is 24.9 Å². The molecule has 0 aliphatic carbocycles. The smallest absolute Gasteiger partial charge is 0.317 e. The van der Waals surface area contributed by atoms with E-state index in [4.69, 9.17) is 5.11 Å². The predicted molar refractivity (Wildman–Crippen MR) is 62.2 cm³/mol. The first-order valence-electron chi connectivity index (χ1n) is 6.12. The SMILES string of the molecule is O=C(O)C1CCN(C(=O)NCCOCC(F)F)CC1. The van der Waals surface area contributed by atoms with Gasteiger partial charge in [-0.1, -0.05) is 0 Å². The number of rotatable bonds is 6. The Bertz CT molecular complexity index is 307. The van der Waals surface area contributed by atoms with Crippen molar-refractivity contribution in [2.75, 3.05) is 32.8 Å².